The van der Waals surface area contributed by atoms with E-state index in [0.29, 0.717) is 12.2 Å². The minimum atomic E-state index is -0.577. The van der Waals surface area contributed by atoms with Gasteiger partial charge in [0.15, 0.2) is 0 Å². The van der Waals surface area contributed by atoms with Crippen molar-refractivity contribution in [2.24, 2.45) is 5.84 Å². The van der Waals surface area contributed by atoms with Crippen molar-refractivity contribution in [1.29, 1.82) is 0 Å². The molecule has 1 aromatic heterocycles. The van der Waals surface area contributed by atoms with E-state index in [1.807, 2.05) is 17.5 Å². The number of anilines is 1. The van der Waals surface area contributed by atoms with Gasteiger partial charge in [0.05, 0.1) is 11.5 Å². The monoisotopic (exact) mass is 306 g/mol. The molecule has 0 unspecified atom stereocenters. The van der Waals surface area contributed by atoms with Crippen LogP contribution >= 0.6 is 11.3 Å². The molecule has 1 amide bonds. The standard InChI is InChI=1S/C13H14N4O3S/c1-16(8-10-3-2-6-21-10)13(18)11-7-9(15-14)4-5-12(11)17(19)20/h2-7,15H,8,14H2,1H3. The number of nitro groups is 1. The molecule has 1 aromatic carbocycles. The van der Waals surface area contributed by atoms with Crippen LogP contribution in [0.15, 0.2) is 35.7 Å². The van der Waals surface area contributed by atoms with Gasteiger partial charge in [0.25, 0.3) is 11.6 Å². The molecule has 0 saturated carbocycles. The third-order valence-electron chi connectivity index (χ3n) is 2.91. The molecule has 2 aromatic rings. The molecule has 2 rings (SSSR count). The number of nitrogens with two attached hydrogens (primary N) is 1. The minimum absolute atomic E-state index is 0.00880. The summed E-state index contributed by atoms with van der Waals surface area (Å²) in [6.45, 7) is 0.397. The van der Waals surface area contributed by atoms with Crippen molar-refractivity contribution in [2.45, 2.75) is 6.54 Å². The number of benzene rings is 1. The zero-order chi connectivity index (χ0) is 15.4. The molecule has 0 aliphatic heterocycles. The number of nitrogens with one attached hydrogen (secondary N) is 1. The number of rotatable bonds is 5. The number of amides is 1. The Morgan fingerprint density at radius 1 is 1.48 bits per heavy atom. The van der Waals surface area contributed by atoms with Crippen molar-refractivity contribution in [3.63, 3.8) is 0 Å². The highest BCUT2D eigenvalue weighted by Crippen LogP contribution is 2.24. The predicted molar refractivity (Wildman–Crippen MR) is 81.0 cm³/mol. The lowest BCUT2D eigenvalue weighted by atomic mass is 10.1. The predicted octanol–water partition coefficient (Wildman–Crippen LogP) is 2.21. The minimum Gasteiger partial charge on any atom is -0.336 e. The number of hydrogen-bond acceptors (Lipinski definition) is 6. The van der Waals surface area contributed by atoms with Crippen molar-refractivity contribution in [3.8, 4) is 0 Å². The topological polar surface area (TPSA) is 102 Å². The zero-order valence-electron chi connectivity index (χ0n) is 11.3. The highest BCUT2D eigenvalue weighted by molar-refractivity contribution is 7.09. The first-order valence-electron chi connectivity index (χ1n) is 6.06. The van der Waals surface area contributed by atoms with Gasteiger partial charge >= 0.3 is 0 Å². The van der Waals surface area contributed by atoms with Gasteiger partial charge in [-0.2, -0.15) is 0 Å². The number of nitrogens with zero attached hydrogens (tertiary/aromatic N) is 2. The van der Waals surface area contributed by atoms with Crippen LogP contribution in [-0.4, -0.2) is 22.8 Å². The van der Waals surface area contributed by atoms with Crippen LogP contribution in [0.1, 0.15) is 15.2 Å². The molecule has 0 aliphatic rings. The van der Waals surface area contributed by atoms with Crippen molar-refractivity contribution in [1.82, 2.24) is 4.90 Å². The highest BCUT2D eigenvalue weighted by Gasteiger charge is 2.23. The molecule has 0 aliphatic carbocycles. The molecular weight excluding hydrogens is 292 g/mol. The summed E-state index contributed by atoms with van der Waals surface area (Å²) < 4.78 is 0. The first kappa shape index (κ1) is 14.9. The lowest BCUT2D eigenvalue weighted by Gasteiger charge is -2.16. The van der Waals surface area contributed by atoms with Crippen LogP contribution in [0, 0.1) is 10.1 Å². The average Bonchev–Trinajstić information content (AvgIpc) is 2.98. The molecule has 7 nitrogen and oxygen atoms in total. The molecule has 0 atom stereocenters. The zero-order valence-corrected chi connectivity index (χ0v) is 12.1. The molecule has 110 valence electrons. The van der Waals surface area contributed by atoms with E-state index < -0.39 is 10.8 Å². The van der Waals surface area contributed by atoms with Crippen LogP contribution in [-0.2, 0) is 6.54 Å². The van der Waals surface area contributed by atoms with Crippen LogP contribution < -0.4 is 11.3 Å². The number of thiophene rings is 1. The quantitative estimate of drug-likeness (QED) is 0.501. The van der Waals surface area contributed by atoms with Gasteiger partial charge in [-0.05, 0) is 23.6 Å². The molecule has 0 saturated heterocycles. The summed E-state index contributed by atoms with van der Waals surface area (Å²) in [4.78, 5) is 25.3. The summed E-state index contributed by atoms with van der Waals surface area (Å²) in [7, 11) is 1.61. The van der Waals surface area contributed by atoms with Crippen molar-refractivity contribution >= 4 is 28.6 Å². The second-order valence-corrected chi connectivity index (χ2v) is 5.41. The SMILES string of the molecule is CN(Cc1cccs1)C(=O)c1cc(NN)ccc1[N+](=O)[O-]. The summed E-state index contributed by atoms with van der Waals surface area (Å²) in [5.74, 6) is 4.86. The molecule has 0 spiro atoms. The van der Waals surface area contributed by atoms with Gasteiger partial charge in [-0.15, -0.1) is 11.3 Å². The molecular formula is C13H14N4O3S. The second-order valence-electron chi connectivity index (χ2n) is 4.37. The maximum Gasteiger partial charge on any atom is 0.282 e. The largest absolute Gasteiger partial charge is 0.336 e. The van der Waals surface area contributed by atoms with Gasteiger partial charge in [-0.3, -0.25) is 20.8 Å². The fourth-order valence-electron chi connectivity index (χ4n) is 1.87. The van der Waals surface area contributed by atoms with Crippen LogP contribution in [0.5, 0.6) is 0 Å². The smallest absolute Gasteiger partial charge is 0.282 e. The van der Waals surface area contributed by atoms with E-state index in [4.69, 9.17) is 5.84 Å². The van der Waals surface area contributed by atoms with Gasteiger partial charge < -0.3 is 10.3 Å². The summed E-state index contributed by atoms with van der Waals surface area (Å²) in [5.41, 5.74) is 2.59. The lowest BCUT2D eigenvalue weighted by Crippen LogP contribution is -2.26. The van der Waals surface area contributed by atoms with Gasteiger partial charge in [-0.1, -0.05) is 6.07 Å². The van der Waals surface area contributed by atoms with E-state index in [-0.39, 0.29) is 11.3 Å². The van der Waals surface area contributed by atoms with E-state index in [9.17, 15) is 14.9 Å². The summed E-state index contributed by atoms with van der Waals surface area (Å²) in [6, 6.07) is 7.89. The number of nitrogen functional groups attached to an aromatic ring is 1. The molecule has 0 radical (unpaired) electrons. The first-order valence-corrected chi connectivity index (χ1v) is 6.94. The van der Waals surface area contributed by atoms with Crippen LogP contribution in [0.4, 0.5) is 11.4 Å². The number of carbonyl (C=O) groups is 1. The average molecular weight is 306 g/mol. The van der Waals surface area contributed by atoms with Crippen LogP contribution in [0.2, 0.25) is 0 Å². The Morgan fingerprint density at radius 3 is 2.81 bits per heavy atom. The van der Waals surface area contributed by atoms with E-state index in [0.717, 1.165) is 4.88 Å². The van der Waals surface area contributed by atoms with Crippen molar-refractivity contribution in [2.75, 3.05) is 12.5 Å². The van der Waals surface area contributed by atoms with E-state index in [2.05, 4.69) is 5.43 Å². The van der Waals surface area contributed by atoms with Gasteiger partial charge in [0, 0.05) is 23.7 Å². The Morgan fingerprint density at radius 2 is 2.24 bits per heavy atom. The Labute approximate surface area is 125 Å². The molecule has 1 heterocycles. The Bertz CT molecular complexity index is 657. The number of carbonyl (C=O) groups excluding carboxylic acids is 1. The highest BCUT2D eigenvalue weighted by atomic mass is 32.1. The van der Waals surface area contributed by atoms with E-state index in [1.165, 1.54) is 34.4 Å². The molecule has 21 heavy (non-hydrogen) atoms. The Balaban J connectivity index is 2.30. The molecule has 0 fully saturated rings. The third-order valence-corrected chi connectivity index (χ3v) is 3.77. The van der Waals surface area contributed by atoms with Gasteiger partial charge in [-0.25, -0.2) is 0 Å². The number of hydrogen-bond donors (Lipinski definition) is 2. The van der Waals surface area contributed by atoms with Crippen LogP contribution in [0.3, 0.4) is 0 Å². The summed E-state index contributed by atoms with van der Waals surface area (Å²) in [6.07, 6.45) is 0. The molecule has 0 bridgehead atoms. The lowest BCUT2D eigenvalue weighted by molar-refractivity contribution is -0.385. The fourth-order valence-corrected chi connectivity index (χ4v) is 2.63. The van der Waals surface area contributed by atoms with Gasteiger partial charge in [0.2, 0.25) is 0 Å². The van der Waals surface area contributed by atoms with E-state index in [1.54, 1.807) is 7.05 Å². The molecule has 8 heteroatoms. The first-order chi connectivity index (χ1) is 10.0. The Hall–Kier alpha value is -2.45. The van der Waals surface area contributed by atoms with E-state index >= 15 is 0 Å². The van der Waals surface area contributed by atoms with Crippen LogP contribution in [0.25, 0.3) is 0 Å². The number of nitro benzene ring substituents is 1. The number of hydrazine groups is 1. The third kappa shape index (κ3) is 3.36. The maximum absolute atomic E-state index is 12.4. The summed E-state index contributed by atoms with van der Waals surface area (Å²) in [5, 5.41) is 13.0. The molecule has 3 N–H and O–H groups in total. The normalized spacial score (nSPS) is 10.2. The van der Waals surface area contributed by atoms with Crippen molar-refractivity contribution in [3.05, 3.63) is 56.3 Å². The van der Waals surface area contributed by atoms with Gasteiger partial charge in [0.1, 0.15) is 5.56 Å². The maximum atomic E-state index is 12.4. The Kier molecular flexibility index (Phi) is 4.51. The fraction of sp³-hybridized carbons (Fsp3) is 0.154. The second kappa shape index (κ2) is 6.33. The summed E-state index contributed by atoms with van der Waals surface area (Å²) >= 11 is 1.52. The van der Waals surface area contributed by atoms with Crippen molar-refractivity contribution < 1.29 is 9.72 Å².